The van der Waals surface area contributed by atoms with Gasteiger partial charge in [0.05, 0.1) is 12.2 Å². The average molecular weight is 208 g/mol. The number of nitrogens with zero attached hydrogens (tertiary/aromatic N) is 1. The van der Waals surface area contributed by atoms with Gasteiger partial charge in [0.2, 0.25) is 0 Å². The maximum atomic E-state index is 11.3. The average Bonchev–Trinajstić information content (AvgIpc) is 2.12. The monoisotopic (exact) mass is 208 g/mol. The molecule has 2 N–H and O–H groups in total. The number of rotatable bonds is 3. The van der Waals surface area contributed by atoms with Crippen LogP contribution in [0.3, 0.4) is 0 Å². The van der Waals surface area contributed by atoms with Crippen LogP contribution in [0.1, 0.15) is 25.2 Å². The Hall–Kier alpha value is -1.42. The third-order valence-corrected chi connectivity index (χ3v) is 1.93. The second-order valence-electron chi connectivity index (χ2n) is 4.01. The normalized spacial score (nSPS) is 11.2. The summed E-state index contributed by atoms with van der Waals surface area (Å²) >= 11 is 0. The molecule has 0 bridgehead atoms. The lowest BCUT2D eigenvalue weighted by atomic mass is 10.1. The minimum atomic E-state index is -1.34. The second kappa shape index (κ2) is 4.40. The van der Waals surface area contributed by atoms with E-state index in [1.54, 1.807) is 0 Å². The zero-order chi connectivity index (χ0) is 11.5. The van der Waals surface area contributed by atoms with E-state index in [1.165, 1.54) is 13.8 Å². The standard InChI is InChI=1S/C11H16N2O2/c1-8-5-4-6-9(13-8)7-12-10(14)11(2,3)15/h4-6,15H,7H2,1-3H3,(H,12,14). The predicted molar refractivity (Wildman–Crippen MR) is 57.1 cm³/mol. The van der Waals surface area contributed by atoms with E-state index in [9.17, 15) is 9.90 Å². The molecule has 1 rings (SSSR count). The Bertz CT molecular complexity index is 356. The number of hydrogen-bond donors (Lipinski definition) is 2. The molecule has 0 spiro atoms. The van der Waals surface area contributed by atoms with Crippen molar-refractivity contribution in [3.05, 3.63) is 29.6 Å². The summed E-state index contributed by atoms with van der Waals surface area (Å²) < 4.78 is 0. The van der Waals surface area contributed by atoms with Crippen LogP contribution in [-0.2, 0) is 11.3 Å². The van der Waals surface area contributed by atoms with E-state index in [4.69, 9.17) is 0 Å². The van der Waals surface area contributed by atoms with Crippen molar-refractivity contribution in [2.24, 2.45) is 0 Å². The van der Waals surface area contributed by atoms with Crippen LogP contribution in [0.2, 0.25) is 0 Å². The van der Waals surface area contributed by atoms with Crippen LogP contribution in [0.15, 0.2) is 18.2 Å². The summed E-state index contributed by atoms with van der Waals surface area (Å²) in [4.78, 5) is 15.6. The van der Waals surface area contributed by atoms with Crippen LogP contribution in [0, 0.1) is 6.92 Å². The SMILES string of the molecule is Cc1cccc(CNC(=O)C(C)(C)O)n1. The Kier molecular flexibility index (Phi) is 3.42. The van der Waals surface area contributed by atoms with Crippen LogP contribution in [-0.4, -0.2) is 21.6 Å². The molecule has 1 heterocycles. The molecule has 0 saturated carbocycles. The Labute approximate surface area is 89.3 Å². The quantitative estimate of drug-likeness (QED) is 0.771. The fourth-order valence-corrected chi connectivity index (χ4v) is 1.09. The summed E-state index contributed by atoms with van der Waals surface area (Å²) in [6.45, 7) is 5.13. The maximum Gasteiger partial charge on any atom is 0.251 e. The molecule has 1 amide bonds. The smallest absolute Gasteiger partial charge is 0.251 e. The first kappa shape index (κ1) is 11.7. The minimum Gasteiger partial charge on any atom is -0.381 e. The van der Waals surface area contributed by atoms with Crippen LogP contribution in [0.5, 0.6) is 0 Å². The molecule has 0 saturated heterocycles. The van der Waals surface area contributed by atoms with Crippen LogP contribution < -0.4 is 5.32 Å². The molecule has 1 aromatic rings. The van der Waals surface area contributed by atoms with Gasteiger partial charge in [-0.1, -0.05) is 6.07 Å². The first-order chi connectivity index (χ1) is 6.89. The van der Waals surface area contributed by atoms with Gasteiger partial charge in [-0.25, -0.2) is 0 Å². The summed E-state index contributed by atoms with van der Waals surface area (Å²) in [6, 6.07) is 5.60. The summed E-state index contributed by atoms with van der Waals surface area (Å²) in [5.41, 5.74) is 0.349. The van der Waals surface area contributed by atoms with E-state index in [1.807, 2.05) is 25.1 Å². The third-order valence-electron chi connectivity index (χ3n) is 1.93. The zero-order valence-electron chi connectivity index (χ0n) is 9.24. The highest BCUT2D eigenvalue weighted by Crippen LogP contribution is 2.02. The van der Waals surface area contributed by atoms with E-state index in [2.05, 4.69) is 10.3 Å². The van der Waals surface area contributed by atoms with Crippen molar-refractivity contribution in [3.63, 3.8) is 0 Å². The van der Waals surface area contributed by atoms with E-state index in [0.29, 0.717) is 6.54 Å². The van der Waals surface area contributed by atoms with Crippen molar-refractivity contribution in [1.29, 1.82) is 0 Å². The van der Waals surface area contributed by atoms with Crippen molar-refractivity contribution in [2.45, 2.75) is 32.9 Å². The Morgan fingerprint density at radius 3 is 2.73 bits per heavy atom. The van der Waals surface area contributed by atoms with Gasteiger partial charge < -0.3 is 10.4 Å². The summed E-state index contributed by atoms with van der Waals surface area (Å²) in [6.07, 6.45) is 0. The van der Waals surface area contributed by atoms with E-state index in [0.717, 1.165) is 11.4 Å². The molecule has 0 aliphatic heterocycles. The molecule has 0 aliphatic rings. The zero-order valence-corrected chi connectivity index (χ0v) is 9.24. The van der Waals surface area contributed by atoms with E-state index >= 15 is 0 Å². The van der Waals surface area contributed by atoms with Gasteiger partial charge in [-0.15, -0.1) is 0 Å². The molecule has 82 valence electrons. The molecule has 15 heavy (non-hydrogen) atoms. The molecular weight excluding hydrogens is 192 g/mol. The third kappa shape index (κ3) is 3.67. The molecule has 0 unspecified atom stereocenters. The van der Waals surface area contributed by atoms with E-state index in [-0.39, 0.29) is 0 Å². The number of aryl methyl sites for hydroxylation is 1. The number of aromatic nitrogens is 1. The van der Waals surface area contributed by atoms with Crippen molar-refractivity contribution in [2.75, 3.05) is 0 Å². The van der Waals surface area contributed by atoms with Crippen molar-refractivity contribution >= 4 is 5.91 Å². The summed E-state index contributed by atoms with van der Waals surface area (Å²) in [5.74, 6) is -0.397. The van der Waals surface area contributed by atoms with Gasteiger partial charge in [0.25, 0.3) is 5.91 Å². The maximum absolute atomic E-state index is 11.3. The van der Waals surface area contributed by atoms with E-state index < -0.39 is 11.5 Å². The number of nitrogens with one attached hydrogen (secondary N) is 1. The highest BCUT2D eigenvalue weighted by Gasteiger charge is 2.22. The number of aliphatic hydroxyl groups is 1. The topological polar surface area (TPSA) is 62.2 Å². The molecule has 4 heteroatoms. The molecule has 0 fully saturated rings. The van der Waals surface area contributed by atoms with Gasteiger partial charge in [0, 0.05) is 5.69 Å². The molecule has 0 radical (unpaired) electrons. The van der Waals surface area contributed by atoms with Gasteiger partial charge in [-0.05, 0) is 32.9 Å². The first-order valence-corrected chi connectivity index (χ1v) is 4.83. The number of amides is 1. The highest BCUT2D eigenvalue weighted by atomic mass is 16.3. The van der Waals surface area contributed by atoms with Crippen molar-refractivity contribution in [1.82, 2.24) is 10.3 Å². The second-order valence-corrected chi connectivity index (χ2v) is 4.01. The lowest BCUT2D eigenvalue weighted by Gasteiger charge is -2.16. The molecule has 0 aromatic carbocycles. The van der Waals surface area contributed by atoms with Crippen LogP contribution >= 0.6 is 0 Å². The largest absolute Gasteiger partial charge is 0.381 e. The summed E-state index contributed by atoms with van der Waals surface area (Å²) in [5, 5.41) is 12.0. The Morgan fingerprint density at radius 1 is 1.53 bits per heavy atom. The number of pyridine rings is 1. The summed E-state index contributed by atoms with van der Waals surface area (Å²) in [7, 11) is 0. The Morgan fingerprint density at radius 2 is 2.20 bits per heavy atom. The van der Waals surface area contributed by atoms with Gasteiger partial charge in [-0.2, -0.15) is 0 Å². The molecule has 1 aromatic heterocycles. The number of hydrogen-bond acceptors (Lipinski definition) is 3. The first-order valence-electron chi connectivity index (χ1n) is 4.83. The number of carbonyl (C=O) groups is 1. The predicted octanol–water partition coefficient (Wildman–Crippen LogP) is 0.777. The minimum absolute atomic E-state index is 0.338. The van der Waals surface area contributed by atoms with Gasteiger partial charge in [0.15, 0.2) is 0 Å². The fourth-order valence-electron chi connectivity index (χ4n) is 1.09. The number of carbonyl (C=O) groups excluding carboxylic acids is 1. The van der Waals surface area contributed by atoms with Gasteiger partial charge >= 0.3 is 0 Å². The lowest BCUT2D eigenvalue weighted by molar-refractivity contribution is -0.136. The lowest BCUT2D eigenvalue weighted by Crippen LogP contribution is -2.41. The van der Waals surface area contributed by atoms with Crippen LogP contribution in [0.25, 0.3) is 0 Å². The molecule has 4 nitrogen and oxygen atoms in total. The molecule has 0 aliphatic carbocycles. The van der Waals surface area contributed by atoms with Crippen molar-refractivity contribution in [3.8, 4) is 0 Å². The van der Waals surface area contributed by atoms with Crippen molar-refractivity contribution < 1.29 is 9.90 Å². The molecular formula is C11H16N2O2. The Balaban J connectivity index is 2.55. The fraction of sp³-hybridized carbons (Fsp3) is 0.455. The van der Waals surface area contributed by atoms with Gasteiger partial charge in [-0.3, -0.25) is 9.78 Å². The highest BCUT2D eigenvalue weighted by molar-refractivity contribution is 5.83. The van der Waals surface area contributed by atoms with Gasteiger partial charge in [0.1, 0.15) is 5.60 Å². The van der Waals surface area contributed by atoms with Crippen LogP contribution in [0.4, 0.5) is 0 Å². The molecule has 0 atom stereocenters.